The predicted octanol–water partition coefficient (Wildman–Crippen LogP) is 0.596. The van der Waals surface area contributed by atoms with Crippen molar-refractivity contribution in [1.82, 2.24) is 15.1 Å². The molecule has 1 aromatic heterocycles. The van der Waals surface area contributed by atoms with Crippen LogP contribution in [-0.2, 0) is 18.3 Å². The quantitative estimate of drug-likeness (QED) is 0.762. The maximum Gasteiger partial charge on any atom is 0.225 e. The highest BCUT2D eigenvalue weighted by atomic mass is 16.1. The Bertz CT molecular complexity index is 360. The van der Waals surface area contributed by atoms with Crippen LogP contribution in [0.15, 0.2) is 12.4 Å². The van der Waals surface area contributed by atoms with Crippen LogP contribution in [0.4, 0.5) is 0 Å². The summed E-state index contributed by atoms with van der Waals surface area (Å²) in [7, 11) is 1.84. The average Bonchev–Trinajstić information content (AvgIpc) is 2.72. The van der Waals surface area contributed by atoms with E-state index in [4.69, 9.17) is 5.73 Å². The Labute approximate surface area is 102 Å². The van der Waals surface area contributed by atoms with Crippen LogP contribution < -0.4 is 11.1 Å². The van der Waals surface area contributed by atoms with E-state index >= 15 is 0 Å². The Morgan fingerprint density at radius 2 is 2.18 bits per heavy atom. The van der Waals surface area contributed by atoms with Gasteiger partial charge in [0.05, 0.1) is 18.2 Å². The lowest BCUT2D eigenvalue weighted by Crippen LogP contribution is -2.53. The van der Waals surface area contributed by atoms with Crippen LogP contribution in [0.2, 0.25) is 0 Å². The Balaban J connectivity index is 2.59. The van der Waals surface area contributed by atoms with E-state index in [0.29, 0.717) is 13.0 Å². The molecule has 1 heterocycles. The molecule has 0 saturated heterocycles. The first-order valence-electron chi connectivity index (χ1n) is 6.04. The standard InChI is InChI=1S/C12H22N4O/c1-4-12(5-2,9-13)15-11(17)6-10-7-14-16(3)8-10/h7-8H,4-6,9,13H2,1-3H3,(H,15,17). The van der Waals surface area contributed by atoms with Gasteiger partial charge in [0.15, 0.2) is 0 Å². The van der Waals surface area contributed by atoms with E-state index in [1.807, 2.05) is 27.1 Å². The molecule has 1 rings (SSSR count). The average molecular weight is 238 g/mol. The molecular formula is C12H22N4O. The van der Waals surface area contributed by atoms with Crippen molar-refractivity contribution in [2.45, 2.75) is 38.6 Å². The maximum absolute atomic E-state index is 11.9. The topological polar surface area (TPSA) is 72.9 Å². The minimum atomic E-state index is -0.265. The lowest BCUT2D eigenvalue weighted by molar-refractivity contribution is -0.122. The zero-order valence-electron chi connectivity index (χ0n) is 10.9. The summed E-state index contributed by atoms with van der Waals surface area (Å²) in [4.78, 5) is 11.9. The summed E-state index contributed by atoms with van der Waals surface area (Å²) in [6.45, 7) is 4.56. The van der Waals surface area contributed by atoms with Gasteiger partial charge >= 0.3 is 0 Å². The van der Waals surface area contributed by atoms with Crippen molar-refractivity contribution >= 4 is 5.91 Å². The van der Waals surface area contributed by atoms with Gasteiger partial charge in [0, 0.05) is 19.8 Å². The van der Waals surface area contributed by atoms with Crippen molar-refractivity contribution in [3.8, 4) is 0 Å². The number of carbonyl (C=O) groups excluding carboxylic acids is 1. The van der Waals surface area contributed by atoms with Gasteiger partial charge in [-0.15, -0.1) is 0 Å². The number of hydrogen-bond acceptors (Lipinski definition) is 3. The number of amides is 1. The number of carbonyl (C=O) groups is 1. The van der Waals surface area contributed by atoms with E-state index in [9.17, 15) is 4.79 Å². The smallest absolute Gasteiger partial charge is 0.225 e. The molecule has 0 saturated carbocycles. The summed E-state index contributed by atoms with van der Waals surface area (Å²) in [6, 6.07) is 0. The van der Waals surface area contributed by atoms with Crippen molar-refractivity contribution in [1.29, 1.82) is 0 Å². The number of rotatable bonds is 6. The molecule has 0 atom stereocenters. The fraction of sp³-hybridized carbons (Fsp3) is 0.667. The molecule has 5 nitrogen and oxygen atoms in total. The molecule has 5 heteroatoms. The molecule has 0 unspecified atom stereocenters. The molecule has 96 valence electrons. The second kappa shape index (κ2) is 5.82. The monoisotopic (exact) mass is 238 g/mol. The molecule has 3 N–H and O–H groups in total. The summed E-state index contributed by atoms with van der Waals surface area (Å²) < 4.78 is 1.69. The van der Waals surface area contributed by atoms with E-state index in [-0.39, 0.29) is 11.4 Å². The molecule has 0 aliphatic rings. The minimum absolute atomic E-state index is 0.00662. The Morgan fingerprint density at radius 3 is 2.59 bits per heavy atom. The zero-order valence-corrected chi connectivity index (χ0v) is 10.9. The normalized spacial score (nSPS) is 11.5. The number of nitrogens with zero attached hydrogens (tertiary/aromatic N) is 2. The van der Waals surface area contributed by atoms with Crippen LogP contribution in [-0.4, -0.2) is 27.8 Å². The van der Waals surface area contributed by atoms with Crippen molar-refractivity contribution in [2.75, 3.05) is 6.54 Å². The molecule has 0 aliphatic carbocycles. The summed E-state index contributed by atoms with van der Waals surface area (Å²) >= 11 is 0. The van der Waals surface area contributed by atoms with Crippen LogP contribution in [0.3, 0.4) is 0 Å². The molecule has 0 aliphatic heterocycles. The second-order valence-electron chi connectivity index (χ2n) is 4.44. The molecule has 0 aromatic carbocycles. The molecule has 0 radical (unpaired) electrons. The Kier molecular flexibility index (Phi) is 4.69. The van der Waals surface area contributed by atoms with Gasteiger partial charge in [-0.1, -0.05) is 13.8 Å². The van der Waals surface area contributed by atoms with Crippen molar-refractivity contribution in [3.05, 3.63) is 18.0 Å². The number of hydrogen-bond donors (Lipinski definition) is 2. The van der Waals surface area contributed by atoms with Gasteiger partial charge in [-0.25, -0.2) is 0 Å². The van der Waals surface area contributed by atoms with E-state index in [1.165, 1.54) is 0 Å². The maximum atomic E-state index is 11.9. The fourth-order valence-electron chi connectivity index (χ4n) is 1.85. The largest absolute Gasteiger partial charge is 0.349 e. The highest BCUT2D eigenvalue weighted by Gasteiger charge is 2.26. The van der Waals surface area contributed by atoms with E-state index < -0.39 is 0 Å². The van der Waals surface area contributed by atoms with Crippen LogP contribution in [0.25, 0.3) is 0 Å². The van der Waals surface area contributed by atoms with Crippen LogP contribution in [0, 0.1) is 0 Å². The van der Waals surface area contributed by atoms with E-state index in [1.54, 1.807) is 10.9 Å². The van der Waals surface area contributed by atoms with Crippen LogP contribution in [0.5, 0.6) is 0 Å². The second-order valence-corrected chi connectivity index (χ2v) is 4.44. The lowest BCUT2D eigenvalue weighted by Gasteiger charge is -2.31. The first kappa shape index (κ1) is 13.7. The molecule has 1 amide bonds. The van der Waals surface area contributed by atoms with Gasteiger partial charge in [-0.2, -0.15) is 5.10 Å². The van der Waals surface area contributed by atoms with Crippen molar-refractivity contribution < 1.29 is 4.79 Å². The summed E-state index contributed by atoms with van der Waals surface area (Å²) in [5, 5.41) is 7.07. The molecule has 0 spiro atoms. The summed E-state index contributed by atoms with van der Waals surface area (Å²) in [5.74, 6) is 0.00662. The van der Waals surface area contributed by atoms with Gasteiger partial charge in [0.1, 0.15) is 0 Å². The summed E-state index contributed by atoms with van der Waals surface area (Å²) in [5.41, 5.74) is 6.40. The number of aromatic nitrogens is 2. The van der Waals surface area contributed by atoms with Gasteiger partial charge in [-0.05, 0) is 18.4 Å². The first-order valence-corrected chi connectivity index (χ1v) is 6.04. The highest BCUT2D eigenvalue weighted by Crippen LogP contribution is 2.13. The zero-order chi connectivity index (χ0) is 12.9. The number of nitrogens with one attached hydrogen (secondary N) is 1. The SMILES string of the molecule is CCC(CC)(CN)NC(=O)Cc1cnn(C)c1. The predicted molar refractivity (Wildman–Crippen MR) is 67.4 cm³/mol. The van der Waals surface area contributed by atoms with E-state index in [0.717, 1.165) is 18.4 Å². The first-order chi connectivity index (χ1) is 8.05. The Morgan fingerprint density at radius 1 is 1.53 bits per heavy atom. The third-order valence-electron chi connectivity index (χ3n) is 3.27. The van der Waals surface area contributed by atoms with Gasteiger partial charge in [0.25, 0.3) is 0 Å². The fourth-order valence-corrected chi connectivity index (χ4v) is 1.85. The molecule has 17 heavy (non-hydrogen) atoms. The minimum Gasteiger partial charge on any atom is -0.349 e. The molecule has 0 bridgehead atoms. The third kappa shape index (κ3) is 3.56. The van der Waals surface area contributed by atoms with Crippen LogP contribution in [0.1, 0.15) is 32.3 Å². The van der Waals surface area contributed by atoms with Gasteiger partial charge in [0.2, 0.25) is 5.91 Å². The third-order valence-corrected chi connectivity index (χ3v) is 3.27. The number of aryl methyl sites for hydroxylation is 1. The lowest BCUT2D eigenvalue weighted by atomic mass is 9.92. The van der Waals surface area contributed by atoms with Crippen molar-refractivity contribution in [3.63, 3.8) is 0 Å². The van der Waals surface area contributed by atoms with Gasteiger partial charge in [-0.3, -0.25) is 9.48 Å². The molecule has 1 aromatic rings. The molecule has 0 fully saturated rings. The number of nitrogens with two attached hydrogens (primary N) is 1. The highest BCUT2D eigenvalue weighted by molar-refractivity contribution is 5.79. The van der Waals surface area contributed by atoms with Crippen molar-refractivity contribution in [2.24, 2.45) is 12.8 Å². The summed E-state index contributed by atoms with van der Waals surface area (Å²) in [6.07, 6.45) is 5.61. The van der Waals surface area contributed by atoms with Crippen LogP contribution >= 0.6 is 0 Å². The Hall–Kier alpha value is -1.36. The van der Waals surface area contributed by atoms with E-state index in [2.05, 4.69) is 10.4 Å². The van der Waals surface area contributed by atoms with Gasteiger partial charge < -0.3 is 11.1 Å². The molecular weight excluding hydrogens is 216 g/mol.